The van der Waals surface area contributed by atoms with Gasteiger partial charge in [-0.15, -0.1) is 0 Å². The molecule has 2 aromatic carbocycles. The summed E-state index contributed by atoms with van der Waals surface area (Å²) in [6.07, 6.45) is 3.55. The predicted molar refractivity (Wildman–Crippen MR) is 143 cm³/mol. The van der Waals surface area contributed by atoms with Gasteiger partial charge in [0.15, 0.2) is 11.5 Å². The molecule has 0 bridgehead atoms. The van der Waals surface area contributed by atoms with Crippen molar-refractivity contribution in [3.8, 4) is 16.9 Å². The van der Waals surface area contributed by atoms with Crippen LogP contribution < -0.4 is 10.1 Å². The average molecular weight is 566 g/mol. The summed E-state index contributed by atoms with van der Waals surface area (Å²) in [5.41, 5.74) is 4.50. The van der Waals surface area contributed by atoms with Crippen molar-refractivity contribution in [3.05, 3.63) is 87.7 Å². The van der Waals surface area contributed by atoms with E-state index < -0.39 is 0 Å². The molecule has 5 rings (SSSR count). The van der Waals surface area contributed by atoms with Crippen LogP contribution in [0.25, 0.3) is 22.2 Å². The van der Waals surface area contributed by atoms with Gasteiger partial charge in [0.2, 0.25) is 5.91 Å². The second-order valence-corrected chi connectivity index (χ2v) is 9.52. The number of hydrogen-bond acceptors (Lipinski definition) is 5. The Morgan fingerprint density at radius 1 is 1.08 bits per heavy atom. The molecule has 5 aromatic rings. The first kappa shape index (κ1) is 24.0. The summed E-state index contributed by atoms with van der Waals surface area (Å²) in [5, 5.41) is 13.5. The number of aryl methyl sites for hydroxylation is 1. The summed E-state index contributed by atoms with van der Waals surface area (Å²) >= 11 is 9.45. The largest absolute Gasteiger partial charge is 0.497 e. The average Bonchev–Trinajstić information content (AvgIpc) is 3.38. The van der Waals surface area contributed by atoms with Crippen molar-refractivity contribution in [3.63, 3.8) is 0 Å². The van der Waals surface area contributed by atoms with Crippen LogP contribution in [0.4, 0.5) is 5.82 Å². The minimum atomic E-state index is -0.256. The van der Waals surface area contributed by atoms with Gasteiger partial charge in [0, 0.05) is 22.8 Å². The number of aromatic nitrogens is 5. The highest BCUT2D eigenvalue weighted by atomic mass is 79.9. The van der Waals surface area contributed by atoms with E-state index in [9.17, 15) is 4.79 Å². The number of anilines is 1. The van der Waals surface area contributed by atoms with Crippen molar-refractivity contribution >= 4 is 50.3 Å². The predicted octanol–water partition coefficient (Wildman–Crippen LogP) is 5.71. The number of halogens is 2. The van der Waals surface area contributed by atoms with Crippen LogP contribution >= 0.6 is 27.5 Å². The highest BCUT2D eigenvalue weighted by molar-refractivity contribution is 9.10. The lowest BCUT2D eigenvalue weighted by molar-refractivity contribution is -0.116. The molecule has 0 aliphatic heterocycles. The Morgan fingerprint density at radius 3 is 2.56 bits per heavy atom. The number of fused-ring (bicyclic) bond motifs is 1. The Bertz CT molecular complexity index is 1540. The molecule has 36 heavy (non-hydrogen) atoms. The molecular formula is C26H22BrClN6O2. The van der Waals surface area contributed by atoms with E-state index in [1.807, 2.05) is 67.7 Å². The highest BCUT2D eigenvalue weighted by Crippen LogP contribution is 2.31. The van der Waals surface area contributed by atoms with Crippen molar-refractivity contribution in [2.45, 2.75) is 20.0 Å². The number of nitrogens with zero attached hydrogens (tertiary/aromatic N) is 5. The minimum absolute atomic E-state index is 0.000109. The number of benzene rings is 2. The molecule has 0 unspecified atom stereocenters. The first-order chi connectivity index (χ1) is 17.4. The van der Waals surface area contributed by atoms with Gasteiger partial charge in [-0.2, -0.15) is 10.2 Å². The summed E-state index contributed by atoms with van der Waals surface area (Å²) in [4.78, 5) is 17.4. The van der Waals surface area contributed by atoms with Crippen LogP contribution in [0.2, 0.25) is 5.02 Å². The lowest BCUT2D eigenvalue weighted by atomic mass is 10.0. The molecule has 0 aliphatic rings. The standard InChI is InChI=1S/C26H22BrClN6O2/c1-16-24-21(18-5-9-20(36-2)10-6-18)11-12-29-26(24)34(31-16)15-23(35)30-25-22(27)14-33(32-25)13-17-3-7-19(28)8-4-17/h3-12,14H,13,15H2,1-2H3,(H,30,32,35). The molecule has 10 heteroatoms. The molecule has 0 saturated carbocycles. The molecule has 0 aliphatic carbocycles. The number of carbonyl (C=O) groups is 1. The van der Waals surface area contributed by atoms with E-state index in [2.05, 4.69) is 36.4 Å². The van der Waals surface area contributed by atoms with E-state index in [1.165, 1.54) is 0 Å². The van der Waals surface area contributed by atoms with Crippen LogP contribution in [0, 0.1) is 6.92 Å². The summed E-state index contributed by atoms with van der Waals surface area (Å²) in [6, 6.07) is 17.3. The quantitative estimate of drug-likeness (QED) is 0.273. The van der Waals surface area contributed by atoms with E-state index in [0.29, 0.717) is 27.5 Å². The molecule has 0 saturated heterocycles. The van der Waals surface area contributed by atoms with E-state index in [0.717, 1.165) is 33.5 Å². The normalized spacial score (nSPS) is 11.1. The van der Waals surface area contributed by atoms with Gasteiger partial charge >= 0.3 is 0 Å². The summed E-state index contributed by atoms with van der Waals surface area (Å²) in [5.74, 6) is 0.970. The smallest absolute Gasteiger partial charge is 0.247 e. The third kappa shape index (κ3) is 4.98. The Labute approximate surface area is 221 Å². The monoisotopic (exact) mass is 564 g/mol. The summed E-state index contributed by atoms with van der Waals surface area (Å²) in [7, 11) is 1.64. The zero-order valence-electron chi connectivity index (χ0n) is 19.6. The maximum absolute atomic E-state index is 12.9. The van der Waals surface area contributed by atoms with Crippen LogP contribution in [-0.4, -0.2) is 37.6 Å². The molecule has 0 spiro atoms. The fraction of sp³-hybridized carbons (Fsp3) is 0.154. The molecule has 8 nitrogen and oxygen atoms in total. The number of rotatable bonds is 7. The van der Waals surface area contributed by atoms with Crippen molar-refractivity contribution in [1.82, 2.24) is 24.5 Å². The Morgan fingerprint density at radius 2 is 1.83 bits per heavy atom. The van der Waals surface area contributed by atoms with Crippen molar-refractivity contribution in [2.75, 3.05) is 12.4 Å². The Hall–Kier alpha value is -3.69. The highest BCUT2D eigenvalue weighted by Gasteiger charge is 2.17. The summed E-state index contributed by atoms with van der Waals surface area (Å²) < 4.78 is 9.32. The van der Waals surface area contributed by atoms with Crippen LogP contribution in [0.5, 0.6) is 5.75 Å². The van der Waals surface area contributed by atoms with Gasteiger partial charge in [0.1, 0.15) is 12.3 Å². The van der Waals surface area contributed by atoms with Gasteiger partial charge in [0.05, 0.1) is 23.8 Å². The first-order valence-corrected chi connectivity index (χ1v) is 12.3. The number of methoxy groups -OCH3 is 1. The number of amides is 1. The number of carbonyl (C=O) groups excluding carboxylic acids is 1. The van der Waals surface area contributed by atoms with E-state index in [1.54, 1.807) is 22.7 Å². The van der Waals surface area contributed by atoms with Crippen molar-refractivity contribution in [1.29, 1.82) is 0 Å². The minimum Gasteiger partial charge on any atom is -0.497 e. The second kappa shape index (κ2) is 10.1. The third-order valence-electron chi connectivity index (χ3n) is 5.74. The Kier molecular flexibility index (Phi) is 6.75. The number of hydrogen-bond donors (Lipinski definition) is 1. The lowest BCUT2D eigenvalue weighted by Gasteiger charge is -2.07. The topological polar surface area (TPSA) is 86.9 Å². The third-order valence-corrected chi connectivity index (χ3v) is 6.57. The van der Waals surface area contributed by atoms with E-state index in [4.69, 9.17) is 16.3 Å². The SMILES string of the molecule is COc1ccc(-c2ccnc3c2c(C)nn3CC(=O)Nc2nn(Cc3ccc(Cl)cc3)cc2Br)cc1. The fourth-order valence-electron chi connectivity index (χ4n) is 4.05. The van der Waals surface area contributed by atoms with Gasteiger partial charge in [-0.1, -0.05) is 35.9 Å². The molecule has 0 radical (unpaired) electrons. The van der Waals surface area contributed by atoms with E-state index >= 15 is 0 Å². The van der Waals surface area contributed by atoms with Gasteiger partial charge in [0.25, 0.3) is 0 Å². The number of pyridine rings is 1. The molecule has 1 N–H and O–H groups in total. The van der Waals surface area contributed by atoms with Gasteiger partial charge in [-0.3, -0.25) is 9.48 Å². The molecule has 0 atom stereocenters. The molecule has 3 heterocycles. The van der Waals surface area contributed by atoms with Crippen LogP contribution in [0.3, 0.4) is 0 Å². The lowest BCUT2D eigenvalue weighted by Crippen LogP contribution is -2.20. The molecule has 1 amide bonds. The zero-order chi connectivity index (χ0) is 25.2. The zero-order valence-corrected chi connectivity index (χ0v) is 21.9. The second-order valence-electron chi connectivity index (χ2n) is 8.23. The van der Waals surface area contributed by atoms with Crippen molar-refractivity contribution in [2.24, 2.45) is 0 Å². The maximum atomic E-state index is 12.9. The molecular weight excluding hydrogens is 544 g/mol. The molecule has 0 fully saturated rings. The maximum Gasteiger partial charge on any atom is 0.247 e. The van der Waals surface area contributed by atoms with Gasteiger partial charge in [-0.05, 0) is 69.9 Å². The van der Waals surface area contributed by atoms with E-state index in [-0.39, 0.29) is 12.5 Å². The summed E-state index contributed by atoms with van der Waals surface area (Å²) in [6.45, 7) is 2.47. The first-order valence-electron chi connectivity index (χ1n) is 11.1. The number of ether oxygens (including phenoxy) is 1. The van der Waals surface area contributed by atoms with Crippen LogP contribution in [0.15, 0.2) is 71.5 Å². The van der Waals surface area contributed by atoms with Crippen molar-refractivity contribution < 1.29 is 9.53 Å². The Balaban J connectivity index is 1.35. The van der Waals surface area contributed by atoms with Gasteiger partial charge < -0.3 is 10.1 Å². The molecule has 3 aromatic heterocycles. The fourth-order valence-corrected chi connectivity index (χ4v) is 4.59. The number of nitrogens with one attached hydrogen (secondary N) is 1. The van der Waals surface area contributed by atoms with Crippen LogP contribution in [0.1, 0.15) is 11.3 Å². The van der Waals surface area contributed by atoms with Gasteiger partial charge in [-0.25, -0.2) is 9.67 Å². The molecule has 182 valence electrons. The van der Waals surface area contributed by atoms with Crippen LogP contribution in [-0.2, 0) is 17.9 Å².